The Labute approximate surface area is 151 Å². The highest BCUT2D eigenvalue weighted by Gasteiger charge is 2.25. The molecule has 6 heteroatoms. The molecule has 134 valence electrons. The number of carbonyl (C=O) groups is 1. The molecule has 2 fully saturated rings. The maximum atomic E-state index is 12.3. The smallest absolute Gasteiger partial charge is 0.234 e. The minimum absolute atomic E-state index is 0. The monoisotopic (exact) mass is 352 g/mol. The van der Waals surface area contributed by atoms with Gasteiger partial charge in [0.15, 0.2) is 0 Å². The summed E-state index contributed by atoms with van der Waals surface area (Å²) in [6.45, 7) is 4.04. The molecule has 1 aliphatic heterocycles. The van der Waals surface area contributed by atoms with E-state index < -0.39 is 0 Å². The minimum Gasteiger partial charge on any atom is -0.355 e. The van der Waals surface area contributed by atoms with Gasteiger partial charge in [0.05, 0.1) is 6.54 Å². The molecule has 1 atom stereocenters. The number of halogens is 1. The molecule has 1 aliphatic carbocycles. The van der Waals surface area contributed by atoms with Crippen molar-refractivity contribution in [3.05, 3.63) is 30.1 Å². The summed E-state index contributed by atoms with van der Waals surface area (Å²) in [6.07, 6.45) is 10.2. The Morgan fingerprint density at radius 2 is 2.17 bits per heavy atom. The normalized spacial score (nSPS) is 22.6. The van der Waals surface area contributed by atoms with Crippen LogP contribution in [0, 0.1) is 5.92 Å². The van der Waals surface area contributed by atoms with Gasteiger partial charge < -0.3 is 10.6 Å². The van der Waals surface area contributed by atoms with E-state index in [4.69, 9.17) is 0 Å². The largest absolute Gasteiger partial charge is 0.355 e. The van der Waals surface area contributed by atoms with Crippen molar-refractivity contribution in [3.8, 4) is 0 Å². The van der Waals surface area contributed by atoms with Crippen molar-refractivity contribution in [2.75, 3.05) is 32.7 Å². The Bertz CT molecular complexity index is 493. The van der Waals surface area contributed by atoms with Crippen molar-refractivity contribution >= 4 is 18.3 Å². The van der Waals surface area contributed by atoms with Gasteiger partial charge in [-0.3, -0.25) is 14.7 Å². The molecule has 5 nitrogen and oxygen atoms in total. The van der Waals surface area contributed by atoms with Gasteiger partial charge >= 0.3 is 0 Å². The summed E-state index contributed by atoms with van der Waals surface area (Å²) in [4.78, 5) is 18.8. The first-order valence-electron chi connectivity index (χ1n) is 8.94. The van der Waals surface area contributed by atoms with E-state index >= 15 is 0 Å². The number of rotatable bonds is 5. The molecule has 1 aromatic rings. The molecule has 0 spiro atoms. The fourth-order valence-electron chi connectivity index (χ4n) is 3.73. The molecular weight excluding hydrogens is 324 g/mol. The van der Waals surface area contributed by atoms with Gasteiger partial charge in [-0.1, -0.05) is 25.3 Å². The molecule has 1 aromatic heterocycles. The number of amides is 1. The van der Waals surface area contributed by atoms with Crippen molar-refractivity contribution in [2.24, 2.45) is 5.92 Å². The molecule has 24 heavy (non-hydrogen) atoms. The van der Waals surface area contributed by atoms with E-state index in [1.807, 2.05) is 12.3 Å². The molecule has 0 aromatic carbocycles. The highest BCUT2D eigenvalue weighted by atomic mass is 35.5. The second-order valence-corrected chi connectivity index (χ2v) is 6.78. The number of piperazine rings is 1. The number of aromatic nitrogens is 1. The Balaban J connectivity index is 0.00000208. The van der Waals surface area contributed by atoms with E-state index in [1.54, 1.807) is 6.20 Å². The second-order valence-electron chi connectivity index (χ2n) is 6.78. The summed E-state index contributed by atoms with van der Waals surface area (Å²) in [5, 5.41) is 6.57. The number of nitrogens with one attached hydrogen (secondary N) is 2. The van der Waals surface area contributed by atoms with E-state index in [0.29, 0.717) is 12.5 Å². The lowest BCUT2D eigenvalue weighted by Gasteiger charge is -2.36. The first-order chi connectivity index (χ1) is 11.3. The van der Waals surface area contributed by atoms with Crippen LogP contribution in [0.1, 0.15) is 43.7 Å². The predicted octanol–water partition coefficient (Wildman–Crippen LogP) is 2.15. The highest BCUT2D eigenvalue weighted by molar-refractivity contribution is 5.85. The van der Waals surface area contributed by atoms with Gasteiger partial charge in [-0.25, -0.2) is 0 Å². The Hall–Kier alpha value is -1.17. The minimum atomic E-state index is 0. The van der Waals surface area contributed by atoms with Crippen molar-refractivity contribution in [3.63, 3.8) is 0 Å². The lowest BCUT2D eigenvalue weighted by molar-refractivity contribution is -0.123. The van der Waals surface area contributed by atoms with E-state index in [1.165, 1.54) is 37.7 Å². The highest BCUT2D eigenvalue weighted by Crippen LogP contribution is 2.23. The van der Waals surface area contributed by atoms with Gasteiger partial charge in [-0.2, -0.15) is 0 Å². The van der Waals surface area contributed by atoms with Gasteiger partial charge in [0.25, 0.3) is 0 Å². The quantitative estimate of drug-likeness (QED) is 0.852. The van der Waals surface area contributed by atoms with Crippen LogP contribution in [0.15, 0.2) is 24.5 Å². The molecule has 3 rings (SSSR count). The molecule has 2 N–H and O–H groups in total. The maximum absolute atomic E-state index is 12.3. The van der Waals surface area contributed by atoms with Crippen LogP contribution in [0.3, 0.4) is 0 Å². The van der Waals surface area contributed by atoms with Crippen LogP contribution in [-0.4, -0.2) is 48.5 Å². The van der Waals surface area contributed by atoms with Crippen molar-refractivity contribution in [1.82, 2.24) is 20.5 Å². The summed E-state index contributed by atoms with van der Waals surface area (Å²) in [5.41, 5.74) is 1.18. The van der Waals surface area contributed by atoms with Crippen LogP contribution in [0.5, 0.6) is 0 Å². The maximum Gasteiger partial charge on any atom is 0.234 e. The van der Waals surface area contributed by atoms with Crippen LogP contribution < -0.4 is 10.6 Å². The van der Waals surface area contributed by atoms with Gasteiger partial charge in [0, 0.05) is 44.6 Å². The third-order valence-electron chi connectivity index (χ3n) is 5.08. The second kappa shape index (κ2) is 9.97. The third kappa shape index (κ3) is 5.43. The summed E-state index contributed by atoms with van der Waals surface area (Å²) in [7, 11) is 0. The zero-order chi connectivity index (χ0) is 15.9. The van der Waals surface area contributed by atoms with Crippen LogP contribution in [0.25, 0.3) is 0 Å². The molecule has 0 radical (unpaired) electrons. The molecular formula is C18H29ClN4O. The fourth-order valence-corrected chi connectivity index (χ4v) is 3.73. The van der Waals surface area contributed by atoms with Crippen LogP contribution in [0.4, 0.5) is 0 Å². The first kappa shape index (κ1) is 19.2. The SMILES string of the molecule is Cl.O=C(CN1CCNCC1c1cccnc1)NCC1CCCCC1. The Morgan fingerprint density at radius 3 is 2.92 bits per heavy atom. The topological polar surface area (TPSA) is 57.3 Å². The third-order valence-corrected chi connectivity index (χ3v) is 5.08. The van der Waals surface area contributed by atoms with Crippen molar-refractivity contribution < 1.29 is 4.79 Å². The number of carbonyl (C=O) groups excluding carboxylic acids is 1. The molecule has 2 heterocycles. The lowest BCUT2D eigenvalue weighted by Crippen LogP contribution is -2.49. The van der Waals surface area contributed by atoms with Gasteiger partial charge in [-0.05, 0) is 30.4 Å². The number of nitrogens with zero attached hydrogens (tertiary/aromatic N) is 2. The number of pyridine rings is 1. The Kier molecular flexibility index (Phi) is 7.95. The zero-order valence-electron chi connectivity index (χ0n) is 14.2. The van der Waals surface area contributed by atoms with Gasteiger partial charge in [-0.15, -0.1) is 12.4 Å². The van der Waals surface area contributed by atoms with Crippen LogP contribution in [-0.2, 0) is 4.79 Å². The Morgan fingerprint density at radius 1 is 1.33 bits per heavy atom. The summed E-state index contributed by atoms with van der Waals surface area (Å²) in [6, 6.07) is 4.29. The predicted molar refractivity (Wildman–Crippen MR) is 98.3 cm³/mol. The van der Waals surface area contributed by atoms with Crippen molar-refractivity contribution in [2.45, 2.75) is 38.1 Å². The first-order valence-corrected chi connectivity index (χ1v) is 8.94. The molecule has 1 saturated carbocycles. The summed E-state index contributed by atoms with van der Waals surface area (Å²) in [5.74, 6) is 0.844. The number of hydrogen-bond acceptors (Lipinski definition) is 4. The van der Waals surface area contributed by atoms with Gasteiger partial charge in [0.1, 0.15) is 0 Å². The molecule has 0 bridgehead atoms. The van der Waals surface area contributed by atoms with E-state index in [0.717, 1.165) is 26.2 Å². The van der Waals surface area contributed by atoms with Gasteiger partial charge in [0.2, 0.25) is 5.91 Å². The standard InChI is InChI=1S/C18H28N4O.ClH/c23-18(21-11-15-5-2-1-3-6-15)14-22-10-9-20-13-17(22)16-7-4-8-19-12-16;/h4,7-8,12,15,17,20H,1-3,5-6,9-11,13-14H2,(H,21,23);1H. The van der Waals surface area contributed by atoms with Crippen LogP contribution >= 0.6 is 12.4 Å². The zero-order valence-corrected chi connectivity index (χ0v) is 15.1. The molecule has 1 unspecified atom stereocenters. The average Bonchev–Trinajstić information content (AvgIpc) is 2.62. The fraction of sp³-hybridized carbons (Fsp3) is 0.667. The van der Waals surface area contributed by atoms with Crippen LogP contribution in [0.2, 0.25) is 0 Å². The van der Waals surface area contributed by atoms with Crippen molar-refractivity contribution in [1.29, 1.82) is 0 Å². The van der Waals surface area contributed by atoms with E-state index in [2.05, 4.69) is 26.6 Å². The average molecular weight is 353 g/mol. The molecule has 2 aliphatic rings. The van der Waals surface area contributed by atoms with E-state index in [-0.39, 0.29) is 24.4 Å². The number of hydrogen-bond donors (Lipinski definition) is 2. The lowest BCUT2D eigenvalue weighted by atomic mass is 9.89. The summed E-state index contributed by atoms with van der Waals surface area (Å²) >= 11 is 0. The molecule has 1 amide bonds. The van der Waals surface area contributed by atoms with E-state index in [9.17, 15) is 4.79 Å². The molecule has 1 saturated heterocycles. The summed E-state index contributed by atoms with van der Waals surface area (Å²) < 4.78 is 0.